The maximum atomic E-state index is 12.9. The molecule has 3 aromatic rings. The second-order valence-corrected chi connectivity index (χ2v) is 7.45. The Hall–Kier alpha value is -2.75. The molecule has 1 atom stereocenters. The van der Waals surface area contributed by atoms with Crippen molar-refractivity contribution in [2.75, 3.05) is 6.61 Å². The number of para-hydroxylation sites is 1. The lowest BCUT2D eigenvalue weighted by atomic mass is 10.2. The smallest absolute Gasteiger partial charge is 0.262 e. The van der Waals surface area contributed by atoms with Crippen molar-refractivity contribution in [3.63, 3.8) is 0 Å². The van der Waals surface area contributed by atoms with E-state index < -0.39 is 34.4 Å². The average molecular weight is 392 g/mol. The number of rotatable bonds is 7. The monoisotopic (exact) mass is 392 g/mol. The topological polar surface area (TPSA) is 97.6 Å². The summed E-state index contributed by atoms with van der Waals surface area (Å²) in [7, 11) is -4.01. The van der Waals surface area contributed by atoms with E-state index in [0.717, 1.165) is 29.7 Å². The number of hydrogen-bond acceptors (Lipinski definition) is 5. The summed E-state index contributed by atoms with van der Waals surface area (Å²) in [5.41, 5.74) is 0.705. The van der Waals surface area contributed by atoms with E-state index in [1.54, 1.807) is 6.92 Å². The van der Waals surface area contributed by atoms with E-state index in [1.807, 2.05) is 35.2 Å². The fraction of sp³-hybridized carbons (Fsp3) is 0.167. The Morgan fingerprint density at radius 1 is 1.19 bits per heavy atom. The standard InChI is InChI=1S/C18H17FN2O5S/c1-12(17-10-13-4-2-3-5-16(13)26-17)20-18(22)11-25-21-27(23,24)15-8-6-14(19)7-9-15/h2-10,12,21H,11H2,1H3,(H,20,22)/t12-/m0/s1. The first-order valence-corrected chi connectivity index (χ1v) is 9.50. The van der Waals surface area contributed by atoms with E-state index in [-0.39, 0.29) is 4.90 Å². The number of benzene rings is 2. The van der Waals surface area contributed by atoms with Crippen molar-refractivity contribution in [1.82, 2.24) is 10.2 Å². The molecule has 0 aliphatic carbocycles. The van der Waals surface area contributed by atoms with Gasteiger partial charge in [0.15, 0.2) is 0 Å². The molecule has 0 aliphatic rings. The molecule has 1 heterocycles. The molecular weight excluding hydrogens is 375 g/mol. The Morgan fingerprint density at radius 3 is 2.59 bits per heavy atom. The summed E-state index contributed by atoms with van der Waals surface area (Å²) in [5.74, 6) is -0.532. The zero-order valence-electron chi connectivity index (χ0n) is 14.3. The van der Waals surface area contributed by atoms with Crippen LogP contribution in [0.3, 0.4) is 0 Å². The molecule has 9 heteroatoms. The molecule has 0 radical (unpaired) electrons. The third-order valence-corrected chi connectivity index (χ3v) is 4.97. The maximum absolute atomic E-state index is 12.9. The van der Waals surface area contributed by atoms with Gasteiger partial charge in [0.1, 0.15) is 23.8 Å². The lowest BCUT2D eigenvalue weighted by Gasteiger charge is -2.12. The highest BCUT2D eigenvalue weighted by atomic mass is 32.2. The van der Waals surface area contributed by atoms with Crippen molar-refractivity contribution >= 4 is 26.9 Å². The van der Waals surface area contributed by atoms with Gasteiger partial charge in [0.05, 0.1) is 10.9 Å². The van der Waals surface area contributed by atoms with Gasteiger partial charge in [-0.2, -0.15) is 0 Å². The second kappa shape index (κ2) is 7.87. The van der Waals surface area contributed by atoms with Gasteiger partial charge in [0, 0.05) is 5.39 Å². The lowest BCUT2D eigenvalue weighted by Crippen LogP contribution is -2.34. The Morgan fingerprint density at radius 2 is 1.89 bits per heavy atom. The Kier molecular flexibility index (Phi) is 5.54. The number of carbonyl (C=O) groups is 1. The number of hydrogen-bond donors (Lipinski definition) is 2. The quantitative estimate of drug-likeness (QED) is 0.603. The molecule has 7 nitrogen and oxygen atoms in total. The number of carbonyl (C=O) groups excluding carboxylic acids is 1. The van der Waals surface area contributed by atoms with Crippen LogP contribution in [0.25, 0.3) is 11.0 Å². The van der Waals surface area contributed by atoms with Gasteiger partial charge in [0.25, 0.3) is 10.0 Å². The second-order valence-electron chi connectivity index (χ2n) is 5.81. The number of halogens is 1. The van der Waals surface area contributed by atoms with Crippen LogP contribution in [-0.4, -0.2) is 20.9 Å². The average Bonchev–Trinajstić information content (AvgIpc) is 3.06. The van der Waals surface area contributed by atoms with Crippen LogP contribution >= 0.6 is 0 Å². The minimum absolute atomic E-state index is 0.181. The molecule has 0 saturated carbocycles. The molecule has 0 aliphatic heterocycles. The summed E-state index contributed by atoms with van der Waals surface area (Å²) in [6.45, 7) is 1.20. The highest BCUT2D eigenvalue weighted by Crippen LogP contribution is 2.23. The van der Waals surface area contributed by atoms with Crippen LogP contribution in [-0.2, 0) is 19.7 Å². The SMILES string of the molecule is C[C@H](NC(=O)CONS(=O)(=O)c1ccc(F)cc1)c1cc2ccccc2o1. The van der Waals surface area contributed by atoms with E-state index in [1.165, 1.54) is 0 Å². The number of sulfonamides is 1. The number of furan rings is 1. The minimum atomic E-state index is -4.01. The van der Waals surface area contributed by atoms with Crippen molar-refractivity contribution in [3.8, 4) is 0 Å². The minimum Gasteiger partial charge on any atom is -0.459 e. The van der Waals surface area contributed by atoms with E-state index in [2.05, 4.69) is 5.32 Å². The molecular formula is C18H17FN2O5S. The van der Waals surface area contributed by atoms with Gasteiger partial charge in [0.2, 0.25) is 5.91 Å². The highest BCUT2D eigenvalue weighted by Gasteiger charge is 2.17. The largest absolute Gasteiger partial charge is 0.459 e. The van der Waals surface area contributed by atoms with E-state index >= 15 is 0 Å². The van der Waals surface area contributed by atoms with Crippen molar-refractivity contribution in [2.45, 2.75) is 17.9 Å². The van der Waals surface area contributed by atoms with Crippen molar-refractivity contribution < 1.29 is 26.9 Å². The van der Waals surface area contributed by atoms with Crippen LogP contribution in [0, 0.1) is 5.82 Å². The Labute approximate surface area is 155 Å². The first-order valence-electron chi connectivity index (χ1n) is 8.02. The normalized spacial score (nSPS) is 12.8. The zero-order valence-corrected chi connectivity index (χ0v) is 15.1. The number of fused-ring (bicyclic) bond motifs is 1. The summed E-state index contributed by atoms with van der Waals surface area (Å²) >= 11 is 0. The molecule has 1 amide bonds. The summed E-state index contributed by atoms with van der Waals surface area (Å²) < 4.78 is 42.4. The van der Waals surface area contributed by atoms with Crippen LogP contribution in [0.2, 0.25) is 0 Å². The molecule has 2 aromatic carbocycles. The van der Waals surface area contributed by atoms with E-state index in [0.29, 0.717) is 11.3 Å². The molecule has 0 spiro atoms. The van der Waals surface area contributed by atoms with Crippen LogP contribution in [0.1, 0.15) is 18.7 Å². The van der Waals surface area contributed by atoms with E-state index in [9.17, 15) is 17.6 Å². The number of amides is 1. The van der Waals surface area contributed by atoms with Crippen molar-refractivity contribution in [3.05, 3.63) is 66.2 Å². The maximum Gasteiger partial charge on any atom is 0.262 e. The van der Waals surface area contributed by atoms with Crippen LogP contribution in [0.4, 0.5) is 4.39 Å². The van der Waals surface area contributed by atoms with Gasteiger partial charge in [-0.05, 0) is 43.3 Å². The van der Waals surface area contributed by atoms with Crippen LogP contribution in [0.5, 0.6) is 0 Å². The molecule has 0 saturated heterocycles. The molecule has 0 bridgehead atoms. The molecule has 3 rings (SSSR count). The summed E-state index contributed by atoms with van der Waals surface area (Å²) in [5, 5.41) is 3.56. The van der Waals surface area contributed by atoms with Gasteiger partial charge in [-0.3, -0.25) is 9.63 Å². The van der Waals surface area contributed by atoms with Crippen molar-refractivity contribution in [2.24, 2.45) is 0 Å². The number of nitrogens with one attached hydrogen (secondary N) is 2. The molecule has 0 fully saturated rings. The van der Waals surface area contributed by atoms with Gasteiger partial charge in [-0.25, -0.2) is 12.8 Å². The molecule has 1 aromatic heterocycles. The summed E-state index contributed by atoms with van der Waals surface area (Å²) in [6, 6.07) is 13.0. The van der Waals surface area contributed by atoms with Gasteiger partial charge in [-0.15, -0.1) is 0 Å². The van der Waals surface area contributed by atoms with Gasteiger partial charge < -0.3 is 9.73 Å². The highest BCUT2D eigenvalue weighted by molar-refractivity contribution is 7.89. The predicted octanol–water partition coefficient (Wildman–Crippen LogP) is 2.66. The summed E-state index contributed by atoms with van der Waals surface area (Å²) in [4.78, 5) is 18.4. The van der Waals surface area contributed by atoms with Gasteiger partial charge >= 0.3 is 0 Å². The fourth-order valence-electron chi connectivity index (χ4n) is 2.40. The zero-order chi connectivity index (χ0) is 19.4. The van der Waals surface area contributed by atoms with Crippen LogP contribution in [0.15, 0.2) is 63.9 Å². The molecule has 0 unspecified atom stereocenters. The third-order valence-electron chi connectivity index (χ3n) is 3.74. The predicted molar refractivity (Wildman–Crippen MR) is 95.4 cm³/mol. The molecule has 2 N–H and O–H groups in total. The van der Waals surface area contributed by atoms with Crippen molar-refractivity contribution in [1.29, 1.82) is 0 Å². The first-order chi connectivity index (χ1) is 12.8. The summed E-state index contributed by atoms with van der Waals surface area (Å²) in [6.07, 6.45) is 0. The molecule has 27 heavy (non-hydrogen) atoms. The lowest BCUT2D eigenvalue weighted by molar-refractivity contribution is -0.127. The Balaban J connectivity index is 1.52. The fourth-order valence-corrected chi connectivity index (χ4v) is 3.21. The van der Waals surface area contributed by atoms with Crippen LogP contribution < -0.4 is 10.2 Å². The molecule has 142 valence electrons. The first kappa shape index (κ1) is 19.0. The third kappa shape index (κ3) is 4.70. The Bertz CT molecular complexity index is 1010. The van der Waals surface area contributed by atoms with E-state index in [4.69, 9.17) is 9.25 Å². The van der Waals surface area contributed by atoms with Gasteiger partial charge in [-0.1, -0.05) is 23.1 Å².